The molecule has 1 heterocycles. The second-order valence-corrected chi connectivity index (χ2v) is 7.75. The average molecular weight is 357 g/mol. The van der Waals surface area contributed by atoms with Gasteiger partial charge < -0.3 is 15.5 Å². The molecule has 3 amide bonds. The lowest BCUT2D eigenvalue weighted by Crippen LogP contribution is -2.43. The Hall–Kier alpha value is -2.04. The number of carbonyl (C=O) groups excluding carboxylic acids is 2. The first-order chi connectivity index (χ1) is 12.6. The summed E-state index contributed by atoms with van der Waals surface area (Å²) in [7, 11) is 0. The van der Waals surface area contributed by atoms with Crippen molar-refractivity contribution in [1.82, 2.24) is 10.2 Å². The minimum atomic E-state index is -0.157. The van der Waals surface area contributed by atoms with Gasteiger partial charge in [0.25, 0.3) is 5.91 Å². The fourth-order valence-electron chi connectivity index (χ4n) is 4.02. The summed E-state index contributed by atoms with van der Waals surface area (Å²) in [6.45, 7) is 3.90. The first-order valence-corrected chi connectivity index (χ1v) is 10.1. The van der Waals surface area contributed by atoms with E-state index in [9.17, 15) is 9.59 Å². The normalized spacial score (nSPS) is 23.8. The number of carbonyl (C=O) groups is 2. The zero-order valence-corrected chi connectivity index (χ0v) is 15.8. The molecular weight excluding hydrogens is 326 g/mol. The Morgan fingerprint density at radius 1 is 0.923 bits per heavy atom. The lowest BCUT2D eigenvalue weighted by molar-refractivity contribution is 0.0761. The quantitative estimate of drug-likeness (QED) is 0.842. The van der Waals surface area contributed by atoms with Crippen LogP contribution < -0.4 is 10.6 Å². The summed E-state index contributed by atoms with van der Waals surface area (Å²) in [5.41, 5.74) is 1.41. The molecule has 5 heteroatoms. The molecule has 2 N–H and O–H groups in total. The van der Waals surface area contributed by atoms with Crippen molar-refractivity contribution in [1.29, 1.82) is 0 Å². The lowest BCUT2D eigenvalue weighted by Gasteiger charge is -2.29. The van der Waals surface area contributed by atoms with Crippen molar-refractivity contribution in [3.05, 3.63) is 29.8 Å². The highest BCUT2D eigenvalue weighted by Crippen LogP contribution is 2.24. The molecule has 2 atom stereocenters. The van der Waals surface area contributed by atoms with Gasteiger partial charge >= 0.3 is 6.03 Å². The summed E-state index contributed by atoms with van der Waals surface area (Å²) >= 11 is 0. The molecule has 1 aliphatic heterocycles. The van der Waals surface area contributed by atoms with Gasteiger partial charge in [0.15, 0.2) is 0 Å². The number of nitrogens with one attached hydrogen (secondary N) is 2. The maximum absolute atomic E-state index is 12.6. The van der Waals surface area contributed by atoms with Gasteiger partial charge in [-0.25, -0.2) is 4.79 Å². The van der Waals surface area contributed by atoms with Crippen LogP contribution in [-0.4, -0.2) is 36.0 Å². The number of benzene rings is 1. The highest BCUT2D eigenvalue weighted by molar-refractivity contribution is 5.95. The van der Waals surface area contributed by atoms with E-state index >= 15 is 0 Å². The third kappa shape index (κ3) is 4.99. The van der Waals surface area contributed by atoms with Gasteiger partial charge in [-0.1, -0.05) is 32.6 Å². The Morgan fingerprint density at radius 2 is 1.58 bits per heavy atom. The molecule has 1 aliphatic carbocycles. The van der Waals surface area contributed by atoms with Crippen molar-refractivity contribution in [2.75, 3.05) is 18.4 Å². The van der Waals surface area contributed by atoms with E-state index in [4.69, 9.17) is 0 Å². The third-order valence-electron chi connectivity index (χ3n) is 5.71. The molecule has 0 bridgehead atoms. The number of rotatable bonds is 3. The molecule has 0 radical (unpaired) electrons. The summed E-state index contributed by atoms with van der Waals surface area (Å²) in [6.07, 6.45) is 9.27. The zero-order valence-electron chi connectivity index (χ0n) is 15.8. The van der Waals surface area contributed by atoms with Gasteiger partial charge in [-0.2, -0.15) is 0 Å². The van der Waals surface area contributed by atoms with Crippen LogP contribution in [0.4, 0.5) is 10.5 Å². The van der Waals surface area contributed by atoms with Crippen LogP contribution in [0.5, 0.6) is 0 Å². The topological polar surface area (TPSA) is 61.4 Å². The van der Waals surface area contributed by atoms with Crippen LogP contribution in [0.15, 0.2) is 24.3 Å². The molecule has 2 aliphatic rings. The summed E-state index contributed by atoms with van der Waals surface area (Å²) in [4.78, 5) is 26.8. The van der Waals surface area contributed by atoms with E-state index in [-0.39, 0.29) is 18.0 Å². The highest BCUT2D eigenvalue weighted by Gasteiger charge is 2.23. The number of nitrogens with zero attached hydrogens (tertiary/aromatic N) is 1. The van der Waals surface area contributed by atoms with Crippen molar-refractivity contribution >= 4 is 17.6 Å². The van der Waals surface area contributed by atoms with Gasteiger partial charge in [-0.05, 0) is 55.9 Å². The van der Waals surface area contributed by atoms with Gasteiger partial charge in [-0.3, -0.25) is 4.79 Å². The van der Waals surface area contributed by atoms with Crippen molar-refractivity contribution in [2.45, 2.75) is 64.3 Å². The zero-order chi connectivity index (χ0) is 18.4. The molecule has 1 saturated carbocycles. The molecule has 1 aromatic carbocycles. The van der Waals surface area contributed by atoms with Crippen LogP contribution in [0.25, 0.3) is 0 Å². The second-order valence-electron chi connectivity index (χ2n) is 7.75. The lowest BCUT2D eigenvalue weighted by atomic mass is 9.86. The van der Waals surface area contributed by atoms with E-state index in [0.717, 1.165) is 38.0 Å². The molecule has 0 aromatic heterocycles. The van der Waals surface area contributed by atoms with E-state index in [0.29, 0.717) is 11.5 Å². The first kappa shape index (κ1) is 18.7. The van der Waals surface area contributed by atoms with Crippen molar-refractivity contribution in [3.8, 4) is 0 Å². The van der Waals surface area contributed by atoms with Crippen molar-refractivity contribution in [3.63, 3.8) is 0 Å². The van der Waals surface area contributed by atoms with E-state index in [1.165, 1.54) is 32.1 Å². The summed E-state index contributed by atoms with van der Waals surface area (Å²) in [5, 5.41) is 5.98. The van der Waals surface area contributed by atoms with Crippen LogP contribution in [-0.2, 0) is 0 Å². The maximum atomic E-state index is 12.6. The van der Waals surface area contributed by atoms with Gasteiger partial charge in [0.1, 0.15) is 0 Å². The number of likely N-dealkylation sites (tertiary alicyclic amines) is 1. The molecule has 142 valence electrons. The standard InChI is InChI=1S/C21H31N3O2/c1-16-8-4-5-9-19(16)23-21(26)22-18-12-10-17(11-13-18)20(25)24-14-6-2-3-7-15-24/h10-13,16,19H,2-9,14-15H2,1H3,(H2,22,23,26). The molecule has 2 fully saturated rings. The van der Waals surface area contributed by atoms with E-state index in [2.05, 4.69) is 17.6 Å². The number of urea groups is 1. The van der Waals surface area contributed by atoms with E-state index in [1.807, 2.05) is 29.2 Å². The predicted octanol–water partition coefficient (Wildman–Crippen LogP) is 4.40. The summed E-state index contributed by atoms with van der Waals surface area (Å²) in [5.74, 6) is 0.627. The number of hydrogen-bond acceptors (Lipinski definition) is 2. The third-order valence-corrected chi connectivity index (χ3v) is 5.71. The van der Waals surface area contributed by atoms with Crippen molar-refractivity contribution < 1.29 is 9.59 Å². The van der Waals surface area contributed by atoms with Crippen LogP contribution >= 0.6 is 0 Å². The molecule has 3 rings (SSSR count). The van der Waals surface area contributed by atoms with E-state index < -0.39 is 0 Å². The average Bonchev–Trinajstić information content (AvgIpc) is 2.93. The van der Waals surface area contributed by atoms with Gasteiger partial charge in [-0.15, -0.1) is 0 Å². The SMILES string of the molecule is CC1CCCCC1NC(=O)Nc1ccc(C(=O)N2CCCCCC2)cc1. The maximum Gasteiger partial charge on any atom is 0.319 e. The number of hydrogen-bond donors (Lipinski definition) is 2. The minimum Gasteiger partial charge on any atom is -0.339 e. The van der Waals surface area contributed by atoms with Gasteiger partial charge in [0.05, 0.1) is 0 Å². The van der Waals surface area contributed by atoms with Crippen LogP contribution in [0, 0.1) is 5.92 Å². The second kappa shape index (κ2) is 9.06. The smallest absolute Gasteiger partial charge is 0.319 e. The fourth-order valence-corrected chi connectivity index (χ4v) is 4.02. The Bertz CT molecular complexity index is 606. The van der Waals surface area contributed by atoms with Crippen LogP contribution in [0.1, 0.15) is 68.6 Å². The minimum absolute atomic E-state index is 0.0962. The summed E-state index contributed by atoms with van der Waals surface area (Å²) in [6, 6.07) is 7.35. The molecule has 26 heavy (non-hydrogen) atoms. The molecule has 0 spiro atoms. The fraction of sp³-hybridized carbons (Fsp3) is 0.619. The molecule has 1 aromatic rings. The largest absolute Gasteiger partial charge is 0.339 e. The molecule has 5 nitrogen and oxygen atoms in total. The van der Waals surface area contributed by atoms with Crippen LogP contribution in [0.3, 0.4) is 0 Å². The molecule has 2 unspecified atom stereocenters. The van der Waals surface area contributed by atoms with E-state index in [1.54, 1.807) is 0 Å². The summed E-state index contributed by atoms with van der Waals surface area (Å²) < 4.78 is 0. The Balaban J connectivity index is 1.53. The first-order valence-electron chi connectivity index (χ1n) is 10.1. The Labute approximate surface area is 156 Å². The molecular formula is C21H31N3O2. The Kier molecular flexibility index (Phi) is 6.53. The Morgan fingerprint density at radius 3 is 2.23 bits per heavy atom. The number of anilines is 1. The number of amides is 3. The highest BCUT2D eigenvalue weighted by atomic mass is 16.2. The monoisotopic (exact) mass is 357 g/mol. The predicted molar refractivity (Wildman–Crippen MR) is 104 cm³/mol. The molecule has 1 saturated heterocycles. The van der Waals surface area contributed by atoms with Gasteiger partial charge in [0, 0.05) is 30.4 Å². The van der Waals surface area contributed by atoms with Crippen molar-refractivity contribution in [2.24, 2.45) is 5.92 Å². The van der Waals surface area contributed by atoms with Crippen LogP contribution in [0.2, 0.25) is 0 Å². The van der Waals surface area contributed by atoms with Gasteiger partial charge in [0.2, 0.25) is 0 Å².